The molecule has 2 heterocycles. The van der Waals surface area contributed by atoms with Crippen molar-refractivity contribution in [1.29, 1.82) is 0 Å². The summed E-state index contributed by atoms with van der Waals surface area (Å²) in [5.74, 6) is -0.0135. The van der Waals surface area contributed by atoms with Gasteiger partial charge in [0.2, 0.25) is 0 Å². The van der Waals surface area contributed by atoms with Gasteiger partial charge < -0.3 is 10.0 Å². The molecule has 0 atom stereocenters. The molecule has 1 N–H and O–H groups in total. The van der Waals surface area contributed by atoms with Crippen LogP contribution in [-0.2, 0) is 0 Å². The van der Waals surface area contributed by atoms with Crippen molar-refractivity contribution in [1.82, 2.24) is 4.98 Å². The van der Waals surface area contributed by atoms with E-state index < -0.39 is 5.97 Å². The van der Waals surface area contributed by atoms with Gasteiger partial charge in [0.25, 0.3) is 0 Å². The van der Waals surface area contributed by atoms with Crippen LogP contribution in [0.4, 0.5) is 5.82 Å². The molecular weight excluding hydrogens is 240 g/mol. The van der Waals surface area contributed by atoms with E-state index in [-0.39, 0.29) is 0 Å². The number of nitrogens with zero attached hydrogens (tertiary/aromatic N) is 2. The Hall–Kier alpha value is -2.36. The van der Waals surface area contributed by atoms with E-state index in [4.69, 9.17) is 5.11 Å². The van der Waals surface area contributed by atoms with Crippen LogP contribution in [0.1, 0.15) is 16.8 Å². The highest BCUT2D eigenvalue weighted by atomic mass is 16.4. The maximum atomic E-state index is 11.2. The van der Waals surface area contributed by atoms with E-state index in [9.17, 15) is 4.79 Å². The Morgan fingerprint density at radius 2 is 2.11 bits per heavy atom. The van der Waals surface area contributed by atoms with Crippen LogP contribution in [0.2, 0.25) is 0 Å². The van der Waals surface area contributed by atoms with E-state index in [1.54, 1.807) is 12.1 Å². The monoisotopic (exact) mass is 254 g/mol. The second kappa shape index (κ2) is 4.72. The van der Waals surface area contributed by atoms with E-state index in [1.807, 2.05) is 18.2 Å². The Bertz CT molecular complexity index is 664. The predicted molar refractivity (Wildman–Crippen MR) is 74.7 cm³/mol. The molecule has 0 saturated carbocycles. The van der Waals surface area contributed by atoms with E-state index in [2.05, 4.69) is 22.0 Å². The van der Waals surface area contributed by atoms with Gasteiger partial charge in [-0.25, -0.2) is 9.78 Å². The van der Waals surface area contributed by atoms with E-state index in [1.165, 1.54) is 0 Å². The first-order chi connectivity index (χ1) is 9.25. The normalized spacial score (nSPS) is 14.8. The molecule has 0 aliphatic carbocycles. The zero-order valence-electron chi connectivity index (χ0n) is 10.4. The number of aromatic carboxylic acids is 1. The fourth-order valence-corrected chi connectivity index (χ4v) is 2.36. The fourth-order valence-electron chi connectivity index (χ4n) is 2.36. The van der Waals surface area contributed by atoms with E-state index >= 15 is 0 Å². The Morgan fingerprint density at radius 1 is 1.21 bits per heavy atom. The van der Waals surface area contributed by atoms with E-state index in [0.29, 0.717) is 10.9 Å². The number of aromatic nitrogens is 1. The van der Waals surface area contributed by atoms with Gasteiger partial charge in [-0.3, -0.25) is 0 Å². The third kappa shape index (κ3) is 2.17. The van der Waals surface area contributed by atoms with Crippen LogP contribution in [0, 0.1) is 0 Å². The van der Waals surface area contributed by atoms with Crippen molar-refractivity contribution in [3.63, 3.8) is 0 Å². The Labute approximate surface area is 111 Å². The van der Waals surface area contributed by atoms with Crippen molar-refractivity contribution in [2.45, 2.75) is 6.42 Å². The zero-order valence-corrected chi connectivity index (χ0v) is 10.4. The van der Waals surface area contributed by atoms with Crippen molar-refractivity contribution < 1.29 is 9.90 Å². The third-order valence-electron chi connectivity index (χ3n) is 3.33. The summed E-state index contributed by atoms with van der Waals surface area (Å²) in [5, 5.41) is 9.84. The topological polar surface area (TPSA) is 53.4 Å². The predicted octanol–water partition coefficient (Wildman–Crippen LogP) is 2.70. The summed E-state index contributed by atoms with van der Waals surface area (Å²) in [7, 11) is 0. The molecule has 0 bridgehead atoms. The minimum Gasteiger partial charge on any atom is -0.478 e. The van der Waals surface area contributed by atoms with Crippen LogP contribution in [0.25, 0.3) is 10.9 Å². The fraction of sp³-hybridized carbons (Fsp3) is 0.200. The molecule has 4 heteroatoms. The summed E-state index contributed by atoms with van der Waals surface area (Å²) in [6.07, 6.45) is 5.32. The summed E-state index contributed by atoms with van der Waals surface area (Å²) in [5.41, 5.74) is 1.03. The average molecular weight is 254 g/mol. The third-order valence-corrected chi connectivity index (χ3v) is 3.33. The standard InChI is InChI=1S/C15H14N2O2/c18-15(19)12-5-4-6-13-11(12)7-8-14(16-13)17-9-2-1-3-10-17/h1-2,4-8H,3,9-10H2,(H,18,19). The number of benzene rings is 1. The molecule has 0 saturated heterocycles. The Balaban J connectivity index is 2.06. The van der Waals surface area contributed by atoms with Gasteiger partial charge in [0, 0.05) is 18.5 Å². The van der Waals surface area contributed by atoms with Gasteiger partial charge in [-0.15, -0.1) is 0 Å². The molecule has 3 rings (SSSR count). The lowest BCUT2D eigenvalue weighted by molar-refractivity contribution is 0.0699. The molecular formula is C15H14N2O2. The second-order valence-electron chi connectivity index (χ2n) is 4.55. The van der Waals surface area contributed by atoms with Gasteiger partial charge >= 0.3 is 5.97 Å². The second-order valence-corrected chi connectivity index (χ2v) is 4.55. The van der Waals surface area contributed by atoms with Gasteiger partial charge in [0.1, 0.15) is 5.82 Å². The van der Waals surface area contributed by atoms with Crippen LogP contribution in [0.15, 0.2) is 42.5 Å². The SMILES string of the molecule is O=C(O)c1cccc2nc(N3CC=CCC3)ccc12. The number of pyridine rings is 1. The minimum absolute atomic E-state index is 0.301. The highest BCUT2D eigenvalue weighted by Crippen LogP contribution is 2.22. The zero-order chi connectivity index (χ0) is 13.2. The van der Waals surface area contributed by atoms with Crippen molar-refractivity contribution in [3.8, 4) is 0 Å². The Kier molecular flexibility index (Phi) is 2.91. The summed E-state index contributed by atoms with van der Waals surface area (Å²) in [6.45, 7) is 1.81. The molecule has 1 aliphatic heterocycles. The van der Waals surface area contributed by atoms with E-state index in [0.717, 1.165) is 30.8 Å². The lowest BCUT2D eigenvalue weighted by Gasteiger charge is -2.24. The number of rotatable bonds is 2. The first kappa shape index (κ1) is 11.7. The molecule has 2 aromatic rings. The van der Waals surface area contributed by atoms with Crippen LogP contribution in [-0.4, -0.2) is 29.1 Å². The molecule has 19 heavy (non-hydrogen) atoms. The molecule has 0 unspecified atom stereocenters. The summed E-state index contributed by atoms with van der Waals surface area (Å²) < 4.78 is 0. The molecule has 0 radical (unpaired) electrons. The van der Waals surface area contributed by atoms with Crippen LogP contribution in [0.5, 0.6) is 0 Å². The molecule has 4 nitrogen and oxygen atoms in total. The first-order valence-corrected chi connectivity index (χ1v) is 6.29. The molecule has 0 fully saturated rings. The van der Waals surface area contributed by atoms with Gasteiger partial charge in [-0.05, 0) is 30.7 Å². The van der Waals surface area contributed by atoms with Crippen molar-refractivity contribution in [2.75, 3.05) is 18.0 Å². The van der Waals surface area contributed by atoms with Crippen LogP contribution < -0.4 is 4.90 Å². The van der Waals surface area contributed by atoms with Crippen molar-refractivity contribution in [3.05, 3.63) is 48.0 Å². The minimum atomic E-state index is -0.916. The number of anilines is 1. The number of hydrogen-bond donors (Lipinski definition) is 1. The number of carboxylic acid groups (broad SMARTS) is 1. The Morgan fingerprint density at radius 3 is 2.84 bits per heavy atom. The van der Waals surface area contributed by atoms with Gasteiger partial charge in [-0.1, -0.05) is 18.2 Å². The smallest absolute Gasteiger partial charge is 0.336 e. The highest BCUT2D eigenvalue weighted by molar-refractivity contribution is 6.02. The lowest BCUT2D eigenvalue weighted by Crippen LogP contribution is -2.27. The molecule has 0 amide bonds. The molecule has 1 aromatic heterocycles. The van der Waals surface area contributed by atoms with Crippen molar-refractivity contribution >= 4 is 22.7 Å². The van der Waals surface area contributed by atoms with Crippen LogP contribution in [0.3, 0.4) is 0 Å². The van der Waals surface area contributed by atoms with Gasteiger partial charge in [0.05, 0.1) is 11.1 Å². The van der Waals surface area contributed by atoms with Crippen LogP contribution >= 0.6 is 0 Å². The van der Waals surface area contributed by atoms with Gasteiger partial charge in [0.15, 0.2) is 0 Å². The largest absolute Gasteiger partial charge is 0.478 e. The maximum absolute atomic E-state index is 11.2. The number of hydrogen-bond acceptors (Lipinski definition) is 3. The van der Waals surface area contributed by atoms with Crippen molar-refractivity contribution in [2.24, 2.45) is 0 Å². The summed E-state index contributed by atoms with van der Waals surface area (Å²) in [6, 6.07) is 8.94. The average Bonchev–Trinajstić information content (AvgIpc) is 2.47. The highest BCUT2D eigenvalue weighted by Gasteiger charge is 2.12. The number of carboxylic acids is 1. The molecule has 96 valence electrons. The quantitative estimate of drug-likeness (QED) is 0.837. The lowest BCUT2D eigenvalue weighted by atomic mass is 10.1. The molecule has 1 aliphatic rings. The number of fused-ring (bicyclic) bond motifs is 1. The number of carbonyl (C=O) groups is 1. The molecule has 1 aromatic carbocycles. The first-order valence-electron chi connectivity index (χ1n) is 6.29. The van der Waals surface area contributed by atoms with Gasteiger partial charge in [-0.2, -0.15) is 0 Å². The summed E-state index contributed by atoms with van der Waals surface area (Å²) >= 11 is 0. The molecule has 0 spiro atoms. The summed E-state index contributed by atoms with van der Waals surface area (Å²) in [4.78, 5) is 17.9. The maximum Gasteiger partial charge on any atom is 0.336 e.